The van der Waals surface area contributed by atoms with Gasteiger partial charge in [-0.05, 0) is 31.5 Å². The largest absolute Gasteiger partial charge is 0.411 e. The summed E-state index contributed by atoms with van der Waals surface area (Å²) in [6.45, 7) is 2.87. The highest BCUT2D eigenvalue weighted by Crippen LogP contribution is 2.18. The van der Waals surface area contributed by atoms with Crippen molar-refractivity contribution in [3.63, 3.8) is 0 Å². The van der Waals surface area contributed by atoms with Crippen LogP contribution in [0.5, 0.6) is 0 Å². The van der Waals surface area contributed by atoms with Gasteiger partial charge in [0.2, 0.25) is 5.78 Å². The highest BCUT2D eigenvalue weighted by Gasteiger charge is 2.15. The Balaban J connectivity index is 3.27. The lowest BCUT2D eigenvalue weighted by molar-refractivity contribution is 0.106. The summed E-state index contributed by atoms with van der Waals surface area (Å²) in [6, 6.07) is 2.41. The van der Waals surface area contributed by atoms with E-state index in [2.05, 4.69) is 5.16 Å². The summed E-state index contributed by atoms with van der Waals surface area (Å²) >= 11 is 0. The summed E-state index contributed by atoms with van der Waals surface area (Å²) in [5.74, 6) is -0.985. The summed E-state index contributed by atoms with van der Waals surface area (Å²) in [5.41, 5.74) is 5.89. The fraction of sp³-hybridized carbons (Fsp3) is 0.200. The second kappa shape index (κ2) is 4.08. The van der Waals surface area contributed by atoms with E-state index in [1.165, 1.54) is 19.9 Å². The highest BCUT2D eigenvalue weighted by molar-refractivity contribution is 6.46. The van der Waals surface area contributed by atoms with E-state index >= 15 is 0 Å². The van der Waals surface area contributed by atoms with Crippen LogP contribution in [0.25, 0.3) is 0 Å². The molecule has 0 aromatic heterocycles. The maximum absolute atomic E-state index is 13.0. The van der Waals surface area contributed by atoms with Gasteiger partial charge in [0.05, 0.1) is 0 Å². The van der Waals surface area contributed by atoms with E-state index in [1.807, 2.05) is 0 Å². The van der Waals surface area contributed by atoms with Crippen LogP contribution in [0.3, 0.4) is 0 Å². The summed E-state index contributed by atoms with van der Waals surface area (Å²) < 4.78 is 13.0. The molecule has 1 aromatic rings. The van der Waals surface area contributed by atoms with Crippen LogP contribution in [0.2, 0.25) is 0 Å². The molecule has 0 heterocycles. The van der Waals surface area contributed by atoms with E-state index in [9.17, 15) is 9.18 Å². The first-order valence-electron chi connectivity index (χ1n) is 4.26. The summed E-state index contributed by atoms with van der Waals surface area (Å²) in [6.07, 6.45) is 0. The molecule has 0 unspecified atom stereocenters. The Morgan fingerprint density at radius 1 is 1.53 bits per heavy atom. The van der Waals surface area contributed by atoms with Crippen molar-refractivity contribution in [2.45, 2.75) is 13.8 Å². The fourth-order valence-corrected chi connectivity index (χ4v) is 1.13. The van der Waals surface area contributed by atoms with Gasteiger partial charge in [0.25, 0.3) is 0 Å². The number of nitrogens with two attached hydrogens (primary N) is 1. The number of carbonyl (C=O) groups excluding carboxylic acids is 1. The van der Waals surface area contributed by atoms with Crippen LogP contribution in [0.1, 0.15) is 22.8 Å². The van der Waals surface area contributed by atoms with E-state index in [-0.39, 0.29) is 17.0 Å². The number of nitrogen functional groups attached to an aromatic ring is 1. The van der Waals surface area contributed by atoms with Gasteiger partial charge < -0.3 is 10.9 Å². The molecule has 80 valence electrons. The normalized spacial score (nSPS) is 11.5. The van der Waals surface area contributed by atoms with Gasteiger partial charge in [-0.1, -0.05) is 5.16 Å². The Labute approximate surface area is 86.2 Å². The molecule has 0 amide bonds. The first-order chi connectivity index (χ1) is 6.97. The number of ketones is 1. The van der Waals surface area contributed by atoms with Crippen molar-refractivity contribution in [2.75, 3.05) is 5.73 Å². The third kappa shape index (κ3) is 2.12. The molecular formula is C10H11FN2O2. The Hall–Kier alpha value is -1.91. The molecule has 0 saturated heterocycles. The molecule has 0 aliphatic heterocycles. The van der Waals surface area contributed by atoms with Crippen molar-refractivity contribution < 1.29 is 14.4 Å². The Morgan fingerprint density at radius 2 is 2.13 bits per heavy atom. The minimum atomic E-state index is -0.516. The van der Waals surface area contributed by atoms with Crippen molar-refractivity contribution in [3.8, 4) is 0 Å². The van der Waals surface area contributed by atoms with Gasteiger partial charge in [0.15, 0.2) is 0 Å². The molecule has 1 aromatic carbocycles. The second-order valence-corrected chi connectivity index (χ2v) is 3.20. The Kier molecular flexibility index (Phi) is 3.04. The number of hydrogen-bond acceptors (Lipinski definition) is 4. The van der Waals surface area contributed by atoms with E-state index in [1.54, 1.807) is 0 Å². The molecule has 0 spiro atoms. The summed E-state index contributed by atoms with van der Waals surface area (Å²) in [5, 5.41) is 11.2. The van der Waals surface area contributed by atoms with Gasteiger partial charge in [-0.25, -0.2) is 4.39 Å². The molecule has 0 fully saturated rings. The molecule has 0 bridgehead atoms. The Bertz CT molecular complexity index is 441. The molecule has 0 saturated carbocycles. The number of Topliss-reactive ketones (excluding diaryl/α,β-unsaturated/α-hetero) is 1. The molecule has 15 heavy (non-hydrogen) atoms. The zero-order valence-corrected chi connectivity index (χ0v) is 8.41. The van der Waals surface area contributed by atoms with E-state index < -0.39 is 11.6 Å². The molecule has 5 heteroatoms. The third-order valence-electron chi connectivity index (χ3n) is 2.05. The zero-order chi connectivity index (χ0) is 11.6. The predicted molar refractivity (Wildman–Crippen MR) is 54.8 cm³/mol. The summed E-state index contributed by atoms with van der Waals surface area (Å²) in [4.78, 5) is 11.6. The van der Waals surface area contributed by atoms with Crippen LogP contribution >= 0.6 is 0 Å². The summed E-state index contributed by atoms with van der Waals surface area (Å²) in [7, 11) is 0. The number of oxime groups is 1. The van der Waals surface area contributed by atoms with Gasteiger partial charge in [-0.3, -0.25) is 4.79 Å². The Morgan fingerprint density at radius 3 is 2.67 bits per heavy atom. The maximum Gasteiger partial charge on any atom is 0.212 e. The topological polar surface area (TPSA) is 75.7 Å². The molecule has 0 atom stereocenters. The van der Waals surface area contributed by atoms with Gasteiger partial charge in [-0.2, -0.15) is 0 Å². The number of benzene rings is 1. The van der Waals surface area contributed by atoms with Crippen LogP contribution in [0.15, 0.2) is 17.3 Å². The molecule has 3 N–H and O–H groups in total. The highest BCUT2D eigenvalue weighted by atomic mass is 19.1. The average Bonchev–Trinajstić information content (AvgIpc) is 2.21. The minimum Gasteiger partial charge on any atom is -0.411 e. The smallest absolute Gasteiger partial charge is 0.212 e. The molecule has 4 nitrogen and oxygen atoms in total. The first-order valence-corrected chi connectivity index (χ1v) is 4.26. The van der Waals surface area contributed by atoms with Crippen LogP contribution in [-0.2, 0) is 0 Å². The van der Waals surface area contributed by atoms with Crippen molar-refractivity contribution in [3.05, 3.63) is 29.1 Å². The molecule has 1 rings (SSSR count). The molecule has 0 radical (unpaired) electrons. The first kappa shape index (κ1) is 11.2. The number of carbonyl (C=O) groups is 1. The fourth-order valence-electron chi connectivity index (χ4n) is 1.13. The standard InChI is InChI=1S/C10H11FN2O2/c1-5-3-7(9(12)4-8(5)11)10(14)6(2)13-15/h3-4,15H,12H2,1-2H3/b13-6+. The van der Waals surface area contributed by atoms with Crippen LogP contribution < -0.4 is 5.73 Å². The molecule has 0 aliphatic rings. The van der Waals surface area contributed by atoms with Gasteiger partial charge in [0, 0.05) is 11.3 Å². The van der Waals surface area contributed by atoms with E-state index in [4.69, 9.17) is 10.9 Å². The molecule has 0 aliphatic carbocycles. The van der Waals surface area contributed by atoms with Crippen molar-refractivity contribution in [2.24, 2.45) is 5.16 Å². The third-order valence-corrected chi connectivity index (χ3v) is 2.05. The SMILES string of the molecule is C/C(=N\O)C(=O)c1cc(C)c(F)cc1N. The number of anilines is 1. The lowest BCUT2D eigenvalue weighted by atomic mass is 10.0. The minimum absolute atomic E-state index is 0.0334. The second-order valence-electron chi connectivity index (χ2n) is 3.20. The number of hydrogen-bond donors (Lipinski definition) is 2. The monoisotopic (exact) mass is 210 g/mol. The van der Waals surface area contributed by atoms with Crippen LogP contribution in [-0.4, -0.2) is 16.7 Å². The quantitative estimate of drug-likeness (QED) is 0.257. The van der Waals surface area contributed by atoms with Gasteiger partial charge in [-0.15, -0.1) is 0 Å². The van der Waals surface area contributed by atoms with Crippen LogP contribution in [0.4, 0.5) is 10.1 Å². The zero-order valence-electron chi connectivity index (χ0n) is 8.41. The van der Waals surface area contributed by atoms with Crippen molar-refractivity contribution >= 4 is 17.2 Å². The van der Waals surface area contributed by atoms with Gasteiger partial charge in [0.1, 0.15) is 11.5 Å². The van der Waals surface area contributed by atoms with E-state index in [0.29, 0.717) is 5.56 Å². The maximum atomic E-state index is 13.0. The lowest BCUT2D eigenvalue weighted by Gasteiger charge is -2.05. The number of rotatable bonds is 2. The molecular weight excluding hydrogens is 199 g/mol. The number of halogens is 1. The van der Waals surface area contributed by atoms with Crippen molar-refractivity contribution in [1.29, 1.82) is 0 Å². The lowest BCUT2D eigenvalue weighted by Crippen LogP contribution is -2.13. The average molecular weight is 210 g/mol. The van der Waals surface area contributed by atoms with Gasteiger partial charge >= 0.3 is 0 Å². The van der Waals surface area contributed by atoms with Crippen LogP contribution in [0, 0.1) is 12.7 Å². The van der Waals surface area contributed by atoms with Crippen molar-refractivity contribution in [1.82, 2.24) is 0 Å². The number of aryl methyl sites for hydroxylation is 1. The predicted octanol–water partition coefficient (Wildman–Crippen LogP) is 1.75. The number of nitrogens with zero attached hydrogens (tertiary/aromatic N) is 1. The van der Waals surface area contributed by atoms with E-state index in [0.717, 1.165) is 6.07 Å².